The quantitative estimate of drug-likeness (QED) is 0.664. The average Bonchev–Trinajstić information content (AvgIpc) is 2.97. The molecule has 3 N–H and O–H groups in total. The molecular weight excluding hydrogens is 294 g/mol. The molecule has 0 saturated heterocycles. The van der Waals surface area contributed by atoms with Crippen LogP contribution < -0.4 is 10.9 Å². The van der Waals surface area contributed by atoms with Gasteiger partial charge in [-0.15, -0.1) is 0 Å². The Morgan fingerprint density at radius 2 is 2.04 bits per heavy atom. The molecule has 0 aliphatic heterocycles. The molecule has 23 heavy (non-hydrogen) atoms. The Morgan fingerprint density at radius 1 is 1.30 bits per heavy atom. The van der Waals surface area contributed by atoms with E-state index in [1.165, 1.54) is 6.20 Å². The normalized spacial score (nSPS) is 12.7. The number of hydrogen-bond acceptors (Lipinski definition) is 5. The lowest BCUT2D eigenvalue weighted by Crippen LogP contribution is -2.31. The number of para-hydroxylation sites is 1. The molecule has 0 spiro atoms. The third kappa shape index (κ3) is 2.95. The van der Waals surface area contributed by atoms with Crippen LogP contribution in [0.3, 0.4) is 0 Å². The number of rotatable bonds is 5. The van der Waals surface area contributed by atoms with Gasteiger partial charge in [0.25, 0.3) is 5.56 Å². The molecular formula is C16H19N5O2. The standard InChI is InChI=1S/C16H19N5O2/c1-10(2)13(9-22)18-16-19-14-12(15(23)20-16)8-17-21(14)11-6-4-3-5-7-11/h3-8,10,13,22H,9H2,1-2H3,(H2,18,19,20,23)/t13-/m1/s1. The average molecular weight is 313 g/mol. The van der Waals surface area contributed by atoms with Gasteiger partial charge in [0.15, 0.2) is 5.65 Å². The number of benzene rings is 1. The molecule has 0 aliphatic carbocycles. The number of hydrogen-bond donors (Lipinski definition) is 3. The molecule has 0 fully saturated rings. The zero-order chi connectivity index (χ0) is 16.4. The summed E-state index contributed by atoms with van der Waals surface area (Å²) >= 11 is 0. The van der Waals surface area contributed by atoms with Gasteiger partial charge in [-0.25, -0.2) is 4.68 Å². The Balaban J connectivity index is 2.08. The zero-order valence-electron chi connectivity index (χ0n) is 13.0. The second-order valence-corrected chi connectivity index (χ2v) is 5.72. The van der Waals surface area contributed by atoms with E-state index < -0.39 is 0 Å². The SMILES string of the molecule is CC(C)[C@@H](CO)Nc1nc2c(cnn2-c2ccccc2)c(=O)[nH]1. The minimum absolute atomic E-state index is 0.0443. The first-order valence-electron chi connectivity index (χ1n) is 7.51. The van der Waals surface area contributed by atoms with Crippen LogP contribution in [0.5, 0.6) is 0 Å². The second kappa shape index (κ2) is 6.21. The van der Waals surface area contributed by atoms with E-state index in [9.17, 15) is 9.90 Å². The number of fused-ring (bicyclic) bond motifs is 1. The van der Waals surface area contributed by atoms with Crippen molar-refractivity contribution in [2.75, 3.05) is 11.9 Å². The van der Waals surface area contributed by atoms with Gasteiger partial charge >= 0.3 is 0 Å². The van der Waals surface area contributed by atoms with Gasteiger partial charge in [-0.1, -0.05) is 32.0 Å². The highest BCUT2D eigenvalue weighted by molar-refractivity contribution is 5.76. The van der Waals surface area contributed by atoms with E-state index in [4.69, 9.17) is 0 Å². The van der Waals surface area contributed by atoms with Gasteiger partial charge < -0.3 is 10.4 Å². The zero-order valence-corrected chi connectivity index (χ0v) is 13.0. The molecule has 7 heteroatoms. The molecule has 0 unspecified atom stereocenters. The number of aromatic amines is 1. The monoisotopic (exact) mass is 313 g/mol. The number of aliphatic hydroxyl groups excluding tert-OH is 1. The third-order valence-corrected chi connectivity index (χ3v) is 3.76. The van der Waals surface area contributed by atoms with Crippen LogP contribution in [0.2, 0.25) is 0 Å². The molecule has 120 valence electrons. The van der Waals surface area contributed by atoms with Crippen LogP contribution in [0.1, 0.15) is 13.8 Å². The van der Waals surface area contributed by atoms with Gasteiger partial charge in [-0.3, -0.25) is 9.78 Å². The van der Waals surface area contributed by atoms with Gasteiger partial charge in [0.1, 0.15) is 5.39 Å². The van der Waals surface area contributed by atoms with E-state index in [1.807, 2.05) is 44.2 Å². The smallest absolute Gasteiger partial charge is 0.263 e. The van der Waals surface area contributed by atoms with Crippen LogP contribution in [0.4, 0.5) is 5.95 Å². The fourth-order valence-corrected chi connectivity index (χ4v) is 2.34. The van der Waals surface area contributed by atoms with E-state index in [1.54, 1.807) is 4.68 Å². The van der Waals surface area contributed by atoms with Crippen LogP contribution in [0, 0.1) is 5.92 Å². The van der Waals surface area contributed by atoms with Crippen molar-refractivity contribution < 1.29 is 5.11 Å². The molecule has 3 aromatic rings. The van der Waals surface area contributed by atoms with E-state index in [0.29, 0.717) is 17.0 Å². The van der Waals surface area contributed by atoms with E-state index >= 15 is 0 Å². The number of anilines is 1. The van der Waals surface area contributed by atoms with Crippen LogP contribution in [-0.2, 0) is 0 Å². The molecule has 7 nitrogen and oxygen atoms in total. The fraction of sp³-hybridized carbons (Fsp3) is 0.312. The molecule has 0 saturated carbocycles. The Labute approximate surface area is 133 Å². The summed E-state index contributed by atoms with van der Waals surface area (Å²) in [4.78, 5) is 19.4. The minimum Gasteiger partial charge on any atom is -0.394 e. The van der Waals surface area contributed by atoms with Crippen molar-refractivity contribution in [3.8, 4) is 5.69 Å². The van der Waals surface area contributed by atoms with E-state index in [-0.39, 0.29) is 24.1 Å². The number of aromatic nitrogens is 4. The highest BCUT2D eigenvalue weighted by atomic mass is 16.3. The lowest BCUT2D eigenvalue weighted by molar-refractivity contribution is 0.248. The highest BCUT2D eigenvalue weighted by Crippen LogP contribution is 2.15. The Kier molecular flexibility index (Phi) is 4.12. The summed E-state index contributed by atoms with van der Waals surface area (Å²) < 4.78 is 1.62. The van der Waals surface area contributed by atoms with Gasteiger partial charge in [-0.05, 0) is 18.1 Å². The number of nitrogens with zero attached hydrogens (tertiary/aromatic N) is 3. The maximum Gasteiger partial charge on any atom is 0.263 e. The lowest BCUT2D eigenvalue weighted by atomic mass is 10.1. The molecule has 0 radical (unpaired) electrons. The van der Waals surface area contributed by atoms with Gasteiger partial charge in [-0.2, -0.15) is 10.1 Å². The van der Waals surface area contributed by atoms with Crippen molar-refractivity contribution >= 4 is 17.0 Å². The summed E-state index contributed by atoms with van der Waals surface area (Å²) in [7, 11) is 0. The highest BCUT2D eigenvalue weighted by Gasteiger charge is 2.16. The fourth-order valence-electron chi connectivity index (χ4n) is 2.34. The first-order valence-corrected chi connectivity index (χ1v) is 7.51. The van der Waals surface area contributed by atoms with Crippen LogP contribution in [0.25, 0.3) is 16.7 Å². The number of nitrogens with one attached hydrogen (secondary N) is 2. The number of H-pyrrole nitrogens is 1. The summed E-state index contributed by atoms with van der Waals surface area (Å²) in [6.45, 7) is 3.93. The number of aliphatic hydroxyl groups is 1. The maximum atomic E-state index is 12.2. The molecule has 3 rings (SSSR count). The van der Waals surface area contributed by atoms with Crippen molar-refractivity contribution in [3.63, 3.8) is 0 Å². The van der Waals surface area contributed by atoms with Crippen molar-refractivity contribution in [3.05, 3.63) is 46.9 Å². The Bertz CT molecular complexity index is 854. The molecule has 0 bridgehead atoms. The van der Waals surface area contributed by atoms with Crippen molar-refractivity contribution in [2.24, 2.45) is 5.92 Å². The van der Waals surface area contributed by atoms with Crippen LogP contribution >= 0.6 is 0 Å². The second-order valence-electron chi connectivity index (χ2n) is 5.72. The molecule has 2 heterocycles. The molecule has 1 atom stereocenters. The van der Waals surface area contributed by atoms with Crippen molar-refractivity contribution in [1.29, 1.82) is 0 Å². The molecule has 2 aromatic heterocycles. The molecule has 0 amide bonds. The summed E-state index contributed by atoms with van der Waals surface area (Å²) in [6, 6.07) is 9.31. The summed E-state index contributed by atoms with van der Waals surface area (Å²) in [5.74, 6) is 0.521. The van der Waals surface area contributed by atoms with E-state index in [2.05, 4.69) is 20.4 Å². The van der Waals surface area contributed by atoms with Gasteiger partial charge in [0.05, 0.1) is 24.5 Å². The first-order chi connectivity index (χ1) is 11.1. The first kappa shape index (κ1) is 15.2. The van der Waals surface area contributed by atoms with Crippen molar-refractivity contribution in [1.82, 2.24) is 19.7 Å². The van der Waals surface area contributed by atoms with Gasteiger partial charge in [0.2, 0.25) is 5.95 Å². The largest absolute Gasteiger partial charge is 0.394 e. The third-order valence-electron chi connectivity index (χ3n) is 3.76. The predicted molar refractivity (Wildman–Crippen MR) is 88.8 cm³/mol. The van der Waals surface area contributed by atoms with Gasteiger partial charge in [0, 0.05) is 0 Å². The molecule has 0 aliphatic rings. The van der Waals surface area contributed by atoms with Crippen LogP contribution in [-0.4, -0.2) is 37.5 Å². The van der Waals surface area contributed by atoms with Crippen LogP contribution in [0.15, 0.2) is 41.3 Å². The summed E-state index contributed by atoms with van der Waals surface area (Å²) in [6.07, 6.45) is 1.50. The minimum atomic E-state index is -0.264. The lowest BCUT2D eigenvalue weighted by Gasteiger charge is -2.20. The van der Waals surface area contributed by atoms with Crippen molar-refractivity contribution in [2.45, 2.75) is 19.9 Å². The maximum absolute atomic E-state index is 12.2. The summed E-state index contributed by atoms with van der Waals surface area (Å²) in [5, 5.41) is 17.2. The summed E-state index contributed by atoms with van der Waals surface area (Å²) in [5.41, 5.74) is 1.04. The Morgan fingerprint density at radius 3 is 2.70 bits per heavy atom. The topological polar surface area (TPSA) is 95.8 Å². The Hall–Kier alpha value is -2.67. The molecule has 1 aromatic carbocycles. The van der Waals surface area contributed by atoms with E-state index in [0.717, 1.165) is 5.69 Å². The predicted octanol–water partition coefficient (Wildman–Crippen LogP) is 1.54.